The molecule has 1 saturated heterocycles. The Kier molecular flexibility index (Phi) is 4.52. The van der Waals surface area contributed by atoms with E-state index >= 15 is 0 Å². The van der Waals surface area contributed by atoms with Crippen molar-refractivity contribution in [3.8, 4) is 0 Å². The number of aryl methyl sites for hydroxylation is 1. The monoisotopic (exact) mass is 341 g/mol. The summed E-state index contributed by atoms with van der Waals surface area (Å²) in [4.78, 5) is 17.4. The van der Waals surface area contributed by atoms with E-state index in [0.29, 0.717) is 6.04 Å². The highest BCUT2D eigenvalue weighted by Gasteiger charge is 2.33. The highest BCUT2D eigenvalue weighted by Crippen LogP contribution is 2.26. The normalized spacial score (nSPS) is 25.0. The Hall–Kier alpha value is -1.85. The van der Waals surface area contributed by atoms with E-state index in [1.807, 2.05) is 29.3 Å². The van der Waals surface area contributed by atoms with Crippen molar-refractivity contribution >= 4 is 16.8 Å². The number of aromatic nitrogens is 1. The summed E-state index contributed by atoms with van der Waals surface area (Å²) in [7, 11) is 0. The van der Waals surface area contributed by atoms with Crippen LogP contribution >= 0.6 is 0 Å². The lowest BCUT2D eigenvalue weighted by molar-refractivity contribution is 0.0316. The van der Waals surface area contributed by atoms with Crippen LogP contribution in [0.25, 0.3) is 10.9 Å². The molecule has 2 aromatic rings. The van der Waals surface area contributed by atoms with Gasteiger partial charge < -0.3 is 14.6 Å². The molecule has 2 aliphatic rings. The fraction of sp³-hybridized carbons (Fsp3) is 0.550. The van der Waals surface area contributed by atoms with Crippen LogP contribution in [0.1, 0.15) is 36.5 Å². The minimum absolute atomic E-state index is 0.134. The summed E-state index contributed by atoms with van der Waals surface area (Å²) in [6.07, 6.45) is 4.92. The second kappa shape index (κ2) is 6.81. The predicted molar refractivity (Wildman–Crippen MR) is 98.7 cm³/mol. The van der Waals surface area contributed by atoms with E-state index in [-0.39, 0.29) is 12.0 Å². The van der Waals surface area contributed by atoms with Crippen molar-refractivity contribution in [3.05, 3.63) is 36.0 Å². The van der Waals surface area contributed by atoms with Gasteiger partial charge in [-0.1, -0.05) is 18.2 Å². The van der Waals surface area contributed by atoms with Crippen molar-refractivity contribution in [2.75, 3.05) is 26.2 Å². The summed E-state index contributed by atoms with van der Waals surface area (Å²) >= 11 is 0. The number of nitrogens with zero attached hydrogens (tertiary/aromatic N) is 3. The van der Waals surface area contributed by atoms with Crippen molar-refractivity contribution in [2.24, 2.45) is 0 Å². The van der Waals surface area contributed by atoms with Gasteiger partial charge in [0, 0.05) is 55.9 Å². The van der Waals surface area contributed by atoms with Gasteiger partial charge in [0.2, 0.25) is 0 Å². The molecule has 0 spiro atoms. The minimum Gasteiger partial charge on any atom is -0.391 e. The Morgan fingerprint density at radius 1 is 1.16 bits per heavy atom. The molecular formula is C20H27N3O2. The number of aliphatic hydroxyl groups is 1. The maximum atomic E-state index is 13.1. The lowest BCUT2D eigenvalue weighted by Crippen LogP contribution is -2.53. The molecule has 25 heavy (non-hydrogen) atoms. The summed E-state index contributed by atoms with van der Waals surface area (Å²) in [5.74, 6) is 0.134. The third-order valence-electron chi connectivity index (χ3n) is 5.87. The van der Waals surface area contributed by atoms with Gasteiger partial charge in [-0.05, 0) is 32.3 Å². The summed E-state index contributed by atoms with van der Waals surface area (Å²) in [5, 5.41) is 11.2. The maximum absolute atomic E-state index is 13.1. The van der Waals surface area contributed by atoms with Gasteiger partial charge in [0.05, 0.1) is 11.7 Å². The van der Waals surface area contributed by atoms with E-state index in [9.17, 15) is 9.90 Å². The summed E-state index contributed by atoms with van der Waals surface area (Å²) in [6, 6.07) is 8.43. The molecule has 5 nitrogen and oxygen atoms in total. The van der Waals surface area contributed by atoms with Gasteiger partial charge in [-0.15, -0.1) is 0 Å². The van der Waals surface area contributed by atoms with Gasteiger partial charge in [0.1, 0.15) is 0 Å². The van der Waals surface area contributed by atoms with Crippen LogP contribution in [0.4, 0.5) is 0 Å². The molecule has 1 N–H and O–H groups in total. The van der Waals surface area contributed by atoms with Crippen LogP contribution < -0.4 is 0 Å². The van der Waals surface area contributed by atoms with Gasteiger partial charge >= 0.3 is 0 Å². The molecule has 5 heteroatoms. The number of piperazine rings is 1. The lowest BCUT2D eigenvalue weighted by Gasteiger charge is -2.39. The van der Waals surface area contributed by atoms with E-state index in [1.54, 1.807) is 0 Å². The Labute approximate surface area is 148 Å². The van der Waals surface area contributed by atoms with Crippen LogP contribution in [-0.2, 0) is 6.54 Å². The molecule has 1 aliphatic heterocycles. The number of rotatable bonds is 3. The molecule has 1 saturated carbocycles. The number of hydrogen-bond acceptors (Lipinski definition) is 3. The quantitative estimate of drug-likeness (QED) is 0.932. The number of aliphatic hydroxyl groups excluding tert-OH is 1. The molecule has 2 fully saturated rings. The minimum atomic E-state index is -0.190. The van der Waals surface area contributed by atoms with Crippen LogP contribution in [0, 0.1) is 0 Å². The lowest BCUT2D eigenvalue weighted by atomic mass is 10.1. The Morgan fingerprint density at radius 2 is 1.92 bits per heavy atom. The third-order valence-corrected chi connectivity index (χ3v) is 5.87. The van der Waals surface area contributed by atoms with Crippen molar-refractivity contribution in [2.45, 2.75) is 44.9 Å². The highest BCUT2D eigenvalue weighted by atomic mass is 16.3. The number of carbonyl (C=O) groups excluding carboxylic acids is 1. The zero-order chi connectivity index (χ0) is 17.4. The van der Waals surface area contributed by atoms with Crippen LogP contribution in [-0.4, -0.2) is 63.7 Å². The molecule has 1 aromatic carbocycles. The first kappa shape index (κ1) is 16.6. The summed E-state index contributed by atoms with van der Waals surface area (Å²) in [5.41, 5.74) is 1.94. The van der Waals surface area contributed by atoms with Gasteiger partial charge in [-0.25, -0.2) is 0 Å². The average molecular weight is 341 g/mol. The molecule has 0 radical (unpaired) electrons. The summed E-state index contributed by atoms with van der Waals surface area (Å²) in [6.45, 7) is 6.18. The average Bonchev–Trinajstić information content (AvgIpc) is 3.25. The molecular weight excluding hydrogens is 314 g/mol. The van der Waals surface area contributed by atoms with Crippen LogP contribution in [0.3, 0.4) is 0 Å². The Balaban J connectivity index is 1.49. The predicted octanol–water partition coefficient (Wildman–Crippen LogP) is 2.33. The van der Waals surface area contributed by atoms with E-state index in [2.05, 4.69) is 22.5 Å². The van der Waals surface area contributed by atoms with E-state index in [1.165, 1.54) is 0 Å². The first-order chi connectivity index (χ1) is 12.2. The van der Waals surface area contributed by atoms with Crippen molar-refractivity contribution < 1.29 is 9.90 Å². The van der Waals surface area contributed by atoms with Crippen molar-refractivity contribution in [1.82, 2.24) is 14.4 Å². The number of para-hydroxylation sites is 1. The zero-order valence-electron chi connectivity index (χ0n) is 14.9. The molecule has 1 aliphatic carbocycles. The fourth-order valence-corrected chi connectivity index (χ4v) is 4.45. The molecule has 2 atom stereocenters. The second-order valence-corrected chi connectivity index (χ2v) is 7.24. The van der Waals surface area contributed by atoms with E-state index in [4.69, 9.17) is 0 Å². The smallest absolute Gasteiger partial charge is 0.256 e. The molecule has 4 rings (SSSR count). The van der Waals surface area contributed by atoms with E-state index in [0.717, 1.165) is 68.5 Å². The molecule has 0 unspecified atom stereocenters. The second-order valence-electron chi connectivity index (χ2n) is 7.24. The van der Waals surface area contributed by atoms with E-state index < -0.39 is 0 Å². The first-order valence-corrected chi connectivity index (χ1v) is 9.48. The Morgan fingerprint density at radius 3 is 2.60 bits per heavy atom. The van der Waals surface area contributed by atoms with Crippen LogP contribution in [0.15, 0.2) is 30.5 Å². The topological polar surface area (TPSA) is 48.7 Å². The zero-order valence-corrected chi connectivity index (χ0v) is 14.9. The largest absolute Gasteiger partial charge is 0.391 e. The maximum Gasteiger partial charge on any atom is 0.256 e. The number of carbonyl (C=O) groups is 1. The number of benzene rings is 1. The Bertz CT molecular complexity index is 761. The van der Waals surface area contributed by atoms with Gasteiger partial charge in [-0.2, -0.15) is 0 Å². The van der Waals surface area contributed by atoms with Crippen LogP contribution in [0.2, 0.25) is 0 Å². The highest BCUT2D eigenvalue weighted by molar-refractivity contribution is 6.07. The molecule has 2 heterocycles. The van der Waals surface area contributed by atoms with Crippen LogP contribution in [0.5, 0.6) is 0 Å². The first-order valence-electron chi connectivity index (χ1n) is 9.48. The van der Waals surface area contributed by atoms with Crippen molar-refractivity contribution in [1.29, 1.82) is 0 Å². The van der Waals surface area contributed by atoms with Crippen molar-refractivity contribution in [3.63, 3.8) is 0 Å². The summed E-state index contributed by atoms with van der Waals surface area (Å²) < 4.78 is 2.15. The number of hydrogen-bond donors (Lipinski definition) is 1. The molecule has 1 amide bonds. The number of fused-ring (bicyclic) bond motifs is 1. The van der Waals surface area contributed by atoms with Gasteiger partial charge in [0.25, 0.3) is 5.91 Å². The van der Waals surface area contributed by atoms with Gasteiger partial charge in [-0.3, -0.25) is 9.69 Å². The molecule has 134 valence electrons. The third kappa shape index (κ3) is 2.96. The fourth-order valence-electron chi connectivity index (χ4n) is 4.45. The van der Waals surface area contributed by atoms with Gasteiger partial charge in [0.15, 0.2) is 0 Å². The number of amides is 1. The molecule has 0 bridgehead atoms. The standard InChI is InChI=1S/C20H27N3O2/c1-2-21-14-16(15-6-3-4-7-17(15)21)20(25)23-12-10-22(11-13-23)18-8-5-9-19(18)24/h3-4,6-7,14,18-19,24H,2,5,8-13H2,1H3/t18-,19+/m1/s1. The molecule has 1 aromatic heterocycles. The SMILES string of the molecule is CCn1cc(C(=O)N2CCN([C@@H]3CCC[C@@H]3O)CC2)c2ccccc21.